The first-order valence-corrected chi connectivity index (χ1v) is 12.5. The van der Waals surface area contributed by atoms with Crippen LogP contribution in [0.25, 0.3) is 22.2 Å². The standard InChI is InChI=1S/C30H28Cl2N2O2/c1-5-34(20(4)22-12-14-23(31)15-13-22)29(19(3)21-10-8-7-9-11-21)27-25-17-16-24(32)18-26(25)33-28(27)30(35)36-6-2/h5,7-18,20,33H,1,6H2,2-4H3/b29-19+/t20-/m0/s1. The number of nitrogens with zero attached hydrogens (tertiary/aromatic N) is 1. The molecule has 0 bridgehead atoms. The number of hydrogen-bond donors (Lipinski definition) is 1. The van der Waals surface area contributed by atoms with E-state index in [0.29, 0.717) is 15.7 Å². The number of nitrogens with one attached hydrogen (secondary N) is 1. The molecule has 0 aliphatic rings. The Morgan fingerprint density at radius 2 is 1.72 bits per heavy atom. The number of carbonyl (C=O) groups is 1. The summed E-state index contributed by atoms with van der Waals surface area (Å²) in [5.74, 6) is -0.429. The summed E-state index contributed by atoms with van der Waals surface area (Å²) in [6.45, 7) is 10.4. The fourth-order valence-corrected chi connectivity index (χ4v) is 4.75. The van der Waals surface area contributed by atoms with E-state index in [1.165, 1.54) is 0 Å². The summed E-state index contributed by atoms with van der Waals surface area (Å²) in [5, 5.41) is 2.11. The highest BCUT2D eigenvalue weighted by molar-refractivity contribution is 6.31. The lowest BCUT2D eigenvalue weighted by molar-refractivity contribution is 0.0520. The number of hydrogen-bond acceptors (Lipinski definition) is 3. The Morgan fingerprint density at radius 3 is 2.36 bits per heavy atom. The van der Waals surface area contributed by atoms with E-state index in [-0.39, 0.29) is 12.6 Å². The Hall–Kier alpha value is -3.47. The van der Waals surface area contributed by atoms with E-state index in [4.69, 9.17) is 27.9 Å². The zero-order valence-electron chi connectivity index (χ0n) is 20.5. The van der Waals surface area contributed by atoms with E-state index >= 15 is 0 Å². The molecule has 4 aromatic rings. The Balaban J connectivity index is 2.04. The van der Waals surface area contributed by atoms with Crippen LogP contribution in [0.4, 0.5) is 0 Å². The van der Waals surface area contributed by atoms with Crippen LogP contribution < -0.4 is 0 Å². The fourth-order valence-electron chi connectivity index (χ4n) is 4.45. The highest BCUT2D eigenvalue weighted by Crippen LogP contribution is 2.41. The third-order valence-electron chi connectivity index (χ3n) is 6.26. The third-order valence-corrected chi connectivity index (χ3v) is 6.75. The van der Waals surface area contributed by atoms with Crippen molar-refractivity contribution < 1.29 is 9.53 Å². The van der Waals surface area contributed by atoms with E-state index in [9.17, 15) is 4.79 Å². The molecule has 0 saturated heterocycles. The second-order valence-electron chi connectivity index (χ2n) is 8.44. The summed E-state index contributed by atoms with van der Waals surface area (Å²) in [6.07, 6.45) is 1.80. The zero-order valence-corrected chi connectivity index (χ0v) is 22.0. The minimum Gasteiger partial charge on any atom is -0.461 e. The van der Waals surface area contributed by atoms with Crippen molar-refractivity contribution in [3.05, 3.63) is 118 Å². The van der Waals surface area contributed by atoms with Gasteiger partial charge in [0.15, 0.2) is 0 Å². The van der Waals surface area contributed by atoms with Gasteiger partial charge in [0.2, 0.25) is 0 Å². The number of allylic oxidation sites excluding steroid dienone is 1. The summed E-state index contributed by atoms with van der Waals surface area (Å²) in [4.78, 5) is 18.6. The summed E-state index contributed by atoms with van der Waals surface area (Å²) in [7, 11) is 0. The lowest BCUT2D eigenvalue weighted by Crippen LogP contribution is -2.22. The minimum atomic E-state index is -0.429. The molecule has 3 aromatic carbocycles. The van der Waals surface area contributed by atoms with Crippen LogP contribution in [0.15, 0.2) is 85.6 Å². The monoisotopic (exact) mass is 518 g/mol. The van der Waals surface area contributed by atoms with Crippen molar-refractivity contribution in [3.63, 3.8) is 0 Å². The molecule has 184 valence electrons. The van der Waals surface area contributed by atoms with Crippen LogP contribution in [0.3, 0.4) is 0 Å². The summed E-state index contributed by atoms with van der Waals surface area (Å²) in [6, 6.07) is 23.3. The molecule has 0 fully saturated rings. The summed E-state index contributed by atoms with van der Waals surface area (Å²) in [5.41, 5.74) is 5.77. The molecule has 1 heterocycles. The van der Waals surface area contributed by atoms with Gasteiger partial charge < -0.3 is 14.6 Å². The number of H-pyrrole nitrogens is 1. The first-order chi connectivity index (χ1) is 17.3. The van der Waals surface area contributed by atoms with Crippen molar-refractivity contribution in [2.24, 2.45) is 0 Å². The van der Waals surface area contributed by atoms with Crippen molar-refractivity contribution >= 4 is 51.3 Å². The number of aromatic amines is 1. The van der Waals surface area contributed by atoms with Gasteiger partial charge in [0, 0.05) is 26.5 Å². The summed E-state index contributed by atoms with van der Waals surface area (Å²) < 4.78 is 5.45. The second-order valence-corrected chi connectivity index (χ2v) is 9.32. The maximum Gasteiger partial charge on any atom is 0.355 e. The van der Waals surface area contributed by atoms with E-state index in [2.05, 4.69) is 42.4 Å². The van der Waals surface area contributed by atoms with Gasteiger partial charge in [0.25, 0.3) is 0 Å². The van der Waals surface area contributed by atoms with Gasteiger partial charge in [-0.1, -0.05) is 78.3 Å². The van der Waals surface area contributed by atoms with Gasteiger partial charge >= 0.3 is 5.97 Å². The molecule has 1 N–H and O–H groups in total. The zero-order chi connectivity index (χ0) is 25.8. The lowest BCUT2D eigenvalue weighted by atomic mass is 9.95. The van der Waals surface area contributed by atoms with E-state index in [1.54, 1.807) is 13.1 Å². The molecule has 0 amide bonds. The largest absolute Gasteiger partial charge is 0.461 e. The predicted molar refractivity (Wildman–Crippen MR) is 150 cm³/mol. The van der Waals surface area contributed by atoms with Crippen molar-refractivity contribution in [2.45, 2.75) is 26.8 Å². The van der Waals surface area contributed by atoms with Gasteiger partial charge in [-0.15, -0.1) is 0 Å². The summed E-state index contributed by atoms with van der Waals surface area (Å²) >= 11 is 12.5. The minimum absolute atomic E-state index is 0.110. The molecule has 0 unspecified atom stereocenters. The number of halogens is 2. The Kier molecular flexibility index (Phi) is 7.88. The van der Waals surface area contributed by atoms with Crippen LogP contribution in [-0.4, -0.2) is 22.5 Å². The van der Waals surface area contributed by atoms with Gasteiger partial charge in [-0.05, 0) is 67.9 Å². The molecular formula is C30H28Cl2N2O2. The van der Waals surface area contributed by atoms with E-state index < -0.39 is 5.97 Å². The topological polar surface area (TPSA) is 45.3 Å². The van der Waals surface area contributed by atoms with Crippen molar-refractivity contribution in [3.8, 4) is 0 Å². The SMILES string of the molecule is C=CN(/C(=C(\C)c1ccccc1)c1c(C(=O)OCC)[nH]c2cc(Cl)ccc12)[C@@H](C)c1ccc(Cl)cc1. The van der Waals surface area contributed by atoms with E-state index in [0.717, 1.165) is 38.9 Å². The molecule has 0 radical (unpaired) electrons. The van der Waals surface area contributed by atoms with Crippen molar-refractivity contribution in [1.82, 2.24) is 9.88 Å². The maximum atomic E-state index is 13.2. The van der Waals surface area contributed by atoms with Gasteiger partial charge in [0.05, 0.1) is 18.3 Å². The molecule has 4 nitrogen and oxygen atoms in total. The number of rotatable bonds is 8. The predicted octanol–water partition coefficient (Wildman–Crippen LogP) is 8.75. The molecule has 0 spiro atoms. The first-order valence-electron chi connectivity index (χ1n) is 11.8. The van der Waals surface area contributed by atoms with Crippen LogP contribution in [-0.2, 0) is 4.74 Å². The molecule has 0 saturated carbocycles. The number of ether oxygens (including phenoxy) is 1. The highest BCUT2D eigenvalue weighted by Gasteiger charge is 2.28. The van der Waals surface area contributed by atoms with Crippen LogP contribution in [0.1, 0.15) is 54.0 Å². The quantitative estimate of drug-likeness (QED) is 0.237. The average Bonchev–Trinajstić information content (AvgIpc) is 3.25. The molecule has 4 rings (SSSR count). The smallest absolute Gasteiger partial charge is 0.355 e. The van der Waals surface area contributed by atoms with Gasteiger partial charge in [0.1, 0.15) is 5.69 Å². The number of esters is 1. The van der Waals surface area contributed by atoms with Crippen LogP contribution in [0.2, 0.25) is 10.0 Å². The van der Waals surface area contributed by atoms with Crippen molar-refractivity contribution in [2.75, 3.05) is 6.61 Å². The Labute approximate surface area is 221 Å². The lowest BCUT2D eigenvalue weighted by Gasteiger charge is -2.32. The molecule has 36 heavy (non-hydrogen) atoms. The normalized spacial score (nSPS) is 12.7. The number of aromatic nitrogens is 1. The van der Waals surface area contributed by atoms with Crippen LogP contribution >= 0.6 is 23.2 Å². The molecule has 6 heteroatoms. The second kappa shape index (κ2) is 11.1. The molecule has 1 atom stereocenters. The number of benzene rings is 3. The average molecular weight is 519 g/mol. The Bertz CT molecular complexity index is 1420. The molecule has 1 aromatic heterocycles. The molecular weight excluding hydrogens is 491 g/mol. The van der Waals surface area contributed by atoms with Gasteiger partial charge in [-0.2, -0.15) is 0 Å². The fraction of sp³-hybridized carbons (Fsp3) is 0.167. The first kappa shape index (κ1) is 25.6. The third kappa shape index (κ3) is 5.06. The van der Waals surface area contributed by atoms with Gasteiger partial charge in [-0.25, -0.2) is 4.79 Å². The van der Waals surface area contributed by atoms with Crippen LogP contribution in [0, 0.1) is 0 Å². The van der Waals surface area contributed by atoms with Crippen molar-refractivity contribution in [1.29, 1.82) is 0 Å². The molecule has 0 aliphatic heterocycles. The van der Waals surface area contributed by atoms with Gasteiger partial charge in [-0.3, -0.25) is 0 Å². The van der Waals surface area contributed by atoms with Crippen LogP contribution in [0.5, 0.6) is 0 Å². The highest BCUT2D eigenvalue weighted by atomic mass is 35.5. The van der Waals surface area contributed by atoms with E-state index in [1.807, 2.05) is 60.7 Å². The Morgan fingerprint density at radius 1 is 1.06 bits per heavy atom. The number of fused-ring (bicyclic) bond motifs is 1. The molecule has 0 aliphatic carbocycles. The maximum absolute atomic E-state index is 13.2. The number of carbonyl (C=O) groups excluding carboxylic acids is 1.